The van der Waals surface area contributed by atoms with Crippen LogP contribution < -0.4 is 10.1 Å². The molecular formula is C19H21N3O2. The van der Waals surface area contributed by atoms with Gasteiger partial charge in [-0.3, -0.25) is 0 Å². The van der Waals surface area contributed by atoms with Crippen molar-refractivity contribution in [1.29, 1.82) is 0 Å². The third-order valence-corrected chi connectivity index (χ3v) is 3.81. The normalized spacial score (nSPS) is 10.8. The molecule has 24 heavy (non-hydrogen) atoms. The summed E-state index contributed by atoms with van der Waals surface area (Å²) in [7, 11) is 1.69. The molecule has 0 atom stereocenters. The number of para-hydroxylation sites is 1. The second kappa shape index (κ2) is 7.75. The minimum atomic E-state index is 0.550. The predicted molar refractivity (Wildman–Crippen MR) is 92.9 cm³/mol. The highest BCUT2D eigenvalue weighted by molar-refractivity contribution is 5.52. The minimum absolute atomic E-state index is 0.550. The molecule has 3 rings (SSSR count). The smallest absolute Gasteiger partial charge is 0.247 e. The average molecular weight is 323 g/mol. The van der Waals surface area contributed by atoms with Crippen LogP contribution in [0, 0.1) is 6.92 Å². The van der Waals surface area contributed by atoms with Gasteiger partial charge in [0.15, 0.2) is 0 Å². The summed E-state index contributed by atoms with van der Waals surface area (Å²) in [6.45, 7) is 3.41. The molecule has 0 spiro atoms. The van der Waals surface area contributed by atoms with Crippen molar-refractivity contribution >= 4 is 0 Å². The SMILES string of the molecule is COc1ccccc1CCNCc1nnc(-c2ccc(C)cc2)o1. The van der Waals surface area contributed by atoms with E-state index in [0.29, 0.717) is 18.3 Å². The number of hydrogen-bond acceptors (Lipinski definition) is 5. The molecule has 5 heteroatoms. The van der Waals surface area contributed by atoms with E-state index in [9.17, 15) is 0 Å². The Balaban J connectivity index is 1.52. The van der Waals surface area contributed by atoms with E-state index in [1.165, 1.54) is 11.1 Å². The predicted octanol–water partition coefficient (Wildman–Crippen LogP) is 3.39. The highest BCUT2D eigenvalue weighted by Gasteiger charge is 2.08. The Labute approximate surface area is 141 Å². The van der Waals surface area contributed by atoms with Crippen molar-refractivity contribution < 1.29 is 9.15 Å². The number of nitrogens with one attached hydrogen (secondary N) is 1. The summed E-state index contributed by atoms with van der Waals surface area (Å²) in [5.74, 6) is 2.06. The number of aryl methyl sites for hydroxylation is 1. The Morgan fingerprint density at radius 3 is 2.62 bits per heavy atom. The molecule has 1 aromatic heterocycles. The van der Waals surface area contributed by atoms with E-state index in [0.717, 1.165) is 24.3 Å². The van der Waals surface area contributed by atoms with Crippen LogP contribution in [0.1, 0.15) is 17.0 Å². The fourth-order valence-electron chi connectivity index (χ4n) is 2.47. The van der Waals surface area contributed by atoms with Crippen LogP contribution in [0.3, 0.4) is 0 Å². The van der Waals surface area contributed by atoms with Gasteiger partial charge in [0.2, 0.25) is 11.8 Å². The van der Waals surface area contributed by atoms with Crippen molar-refractivity contribution in [1.82, 2.24) is 15.5 Å². The third-order valence-electron chi connectivity index (χ3n) is 3.81. The molecule has 0 fully saturated rings. The van der Waals surface area contributed by atoms with E-state index in [4.69, 9.17) is 9.15 Å². The lowest BCUT2D eigenvalue weighted by atomic mass is 10.1. The van der Waals surface area contributed by atoms with E-state index >= 15 is 0 Å². The van der Waals surface area contributed by atoms with Crippen LogP contribution in [0.4, 0.5) is 0 Å². The average Bonchev–Trinajstić information content (AvgIpc) is 3.08. The molecule has 5 nitrogen and oxygen atoms in total. The van der Waals surface area contributed by atoms with Crippen LogP contribution in [0.5, 0.6) is 5.75 Å². The first-order valence-electron chi connectivity index (χ1n) is 7.98. The van der Waals surface area contributed by atoms with Gasteiger partial charge in [0.1, 0.15) is 5.75 Å². The summed E-state index contributed by atoms with van der Waals surface area (Å²) < 4.78 is 11.1. The van der Waals surface area contributed by atoms with E-state index in [1.807, 2.05) is 42.5 Å². The Morgan fingerprint density at radius 1 is 1.04 bits per heavy atom. The fraction of sp³-hybridized carbons (Fsp3) is 0.263. The highest BCUT2D eigenvalue weighted by Crippen LogP contribution is 2.19. The molecule has 0 aliphatic rings. The van der Waals surface area contributed by atoms with Gasteiger partial charge in [-0.2, -0.15) is 0 Å². The van der Waals surface area contributed by atoms with Crippen LogP contribution >= 0.6 is 0 Å². The minimum Gasteiger partial charge on any atom is -0.496 e. The lowest BCUT2D eigenvalue weighted by Gasteiger charge is -2.08. The Bertz CT molecular complexity index is 781. The number of hydrogen-bond donors (Lipinski definition) is 1. The van der Waals surface area contributed by atoms with Crippen LogP contribution in [-0.4, -0.2) is 23.9 Å². The van der Waals surface area contributed by atoms with Gasteiger partial charge >= 0.3 is 0 Å². The number of aromatic nitrogens is 2. The maximum Gasteiger partial charge on any atom is 0.247 e. The Hall–Kier alpha value is -2.66. The summed E-state index contributed by atoms with van der Waals surface area (Å²) >= 11 is 0. The fourth-order valence-corrected chi connectivity index (χ4v) is 2.47. The maximum absolute atomic E-state index is 5.70. The van der Waals surface area contributed by atoms with E-state index < -0.39 is 0 Å². The Kier molecular flexibility index (Phi) is 5.23. The van der Waals surface area contributed by atoms with Gasteiger partial charge in [-0.05, 0) is 43.7 Å². The lowest BCUT2D eigenvalue weighted by molar-refractivity contribution is 0.408. The monoisotopic (exact) mass is 323 g/mol. The van der Waals surface area contributed by atoms with Gasteiger partial charge in [-0.1, -0.05) is 35.9 Å². The van der Waals surface area contributed by atoms with Crippen molar-refractivity contribution in [3.8, 4) is 17.2 Å². The standard InChI is InChI=1S/C19H21N3O2/c1-14-7-9-16(10-8-14)19-22-21-18(24-19)13-20-12-11-15-5-3-4-6-17(15)23-2/h3-10,20H,11-13H2,1-2H3. The summed E-state index contributed by atoms with van der Waals surface area (Å²) in [5.41, 5.74) is 3.32. The molecule has 0 amide bonds. The summed E-state index contributed by atoms with van der Waals surface area (Å²) in [6.07, 6.45) is 0.878. The molecule has 1 heterocycles. The zero-order valence-corrected chi connectivity index (χ0v) is 14.0. The number of ether oxygens (including phenoxy) is 1. The maximum atomic E-state index is 5.70. The molecule has 0 aliphatic carbocycles. The molecular weight excluding hydrogens is 302 g/mol. The molecule has 0 saturated heterocycles. The van der Waals surface area contributed by atoms with Gasteiger partial charge in [0.05, 0.1) is 13.7 Å². The van der Waals surface area contributed by atoms with Crippen molar-refractivity contribution in [2.24, 2.45) is 0 Å². The molecule has 3 aromatic rings. The molecule has 2 aromatic carbocycles. The zero-order valence-electron chi connectivity index (χ0n) is 14.0. The number of nitrogens with zero attached hydrogens (tertiary/aromatic N) is 2. The van der Waals surface area contributed by atoms with Gasteiger partial charge < -0.3 is 14.5 Å². The van der Waals surface area contributed by atoms with Crippen LogP contribution in [0.15, 0.2) is 52.9 Å². The van der Waals surface area contributed by atoms with Crippen molar-refractivity contribution in [2.45, 2.75) is 19.9 Å². The summed E-state index contributed by atoms with van der Waals surface area (Å²) in [4.78, 5) is 0. The molecule has 1 N–H and O–H groups in total. The first kappa shape index (κ1) is 16.2. The number of methoxy groups -OCH3 is 1. The second-order valence-electron chi connectivity index (χ2n) is 5.61. The first-order valence-corrected chi connectivity index (χ1v) is 7.98. The highest BCUT2D eigenvalue weighted by atomic mass is 16.5. The molecule has 0 bridgehead atoms. The van der Waals surface area contributed by atoms with Gasteiger partial charge in [-0.15, -0.1) is 10.2 Å². The number of benzene rings is 2. The van der Waals surface area contributed by atoms with E-state index in [2.05, 4.69) is 28.5 Å². The number of rotatable bonds is 7. The van der Waals surface area contributed by atoms with Crippen molar-refractivity contribution in [3.05, 3.63) is 65.5 Å². The molecule has 0 aliphatic heterocycles. The Morgan fingerprint density at radius 2 is 1.83 bits per heavy atom. The van der Waals surface area contributed by atoms with Crippen molar-refractivity contribution in [3.63, 3.8) is 0 Å². The first-order chi connectivity index (χ1) is 11.8. The molecule has 0 radical (unpaired) electrons. The zero-order chi connectivity index (χ0) is 16.8. The van der Waals surface area contributed by atoms with Crippen LogP contribution in [-0.2, 0) is 13.0 Å². The molecule has 0 unspecified atom stereocenters. The van der Waals surface area contributed by atoms with Crippen LogP contribution in [0.25, 0.3) is 11.5 Å². The molecule has 124 valence electrons. The third kappa shape index (κ3) is 4.00. The van der Waals surface area contributed by atoms with Gasteiger partial charge in [0.25, 0.3) is 0 Å². The largest absolute Gasteiger partial charge is 0.496 e. The molecule has 0 saturated carbocycles. The van der Waals surface area contributed by atoms with Crippen LogP contribution in [0.2, 0.25) is 0 Å². The van der Waals surface area contributed by atoms with Crippen molar-refractivity contribution in [2.75, 3.05) is 13.7 Å². The lowest BCUT2D eigenvalue weighted by Crippen LogP contribution is -2.17. The topological polar surface area (TPSA) is 60.2 Å². The van der Waals surface area contributed by atoms with E-state index in [-0.39, 0.29) is 0 Å². The second-order valence-corrected chi connectivity index (χ2v) is 5.61. The summed E-state index contributed by atoms with van der Waals surface area (Å²) in [6, 6.07) is 16.1. The summed E-state index contributed by atoms with van der Waals surface area (Å²) in [5, 5.41) is 11.5. The van der Waals surface area contributed by atoms with Gasteiger partial charge in [-0.25, -0.2) is 0 Å². The van der Waals surface area contributed by atoms with Gasteiger partial charge in [0, 0.05) is 5.56 Å². The van der Waals surface area contributed by atoms with E-state index in [1.54, 1.807) is 7.11 Å². The quantitative estimate of drug-likeness (QED) is 0.675.